The average Bonchev–Trinajstić information content (AvgIpc) is 2.56. The van der Waals surface area contributed by atoms with Crippen LogP contribution in [-0.4, -0.2) is 26.4 Å². The van der Waals surface area contributed by atoms with E-state index in [1.54, 1.807) is 4.68 Å². The smallest absolute Gasteiger partial charge is 0.323 e. The van der Waals surface area contributed by atoms with Crippen LogP contribution in [0.4, 0.5) is 0 Å². The molecule has 0 saturated carbocycles. The highest BCUT2D eigenvalue weighted by Gasteiger charge is 2.34. The number of nitrogens with zero attached hydrogens (tertiary/aromatic N) is 2. The number of carboxylic acid groups (broad SMARTS) is 1. The Bertz CT molecular complexity index is 439. The van der Waals surface area contributed by atoms with Crippen molar-refractivity contribution in [2.75, 3.05) is 0 Å². The molecule has 0 radical (unpaired) electrons. The molecule has 1 aromatic rings. The molecule has 1 aromatic heterocycles. The minimum absolute atomic E-state index is 0.478. The highest BCUT2D eigenvalue weighted by molar-refractivity contribution is 9.10. The number of nitrogens with one attached hydrogen (secondary N) is 1. The first-order valence-electron chi connectivity index (χ1n) is 6.04. The second-order valence-corrected chi connectivity index (χ2v) is 5.21. The van der Waals surface area contributed by atoms with E-state index in [4.69, 9.17) is 0 Å². The van der Waals surface area contributed by atoms with E-state index in [9.17, 15) is 9.90 Å². The zero-order valence-electron chi connectivity index (χ0n) is 11.2. The fraction of sp³-hybridized carbons (Fsp3) is 0.667. The number of carbonyl (C=O) groups is 1. The summed E-state index contributed by atoms with van der Waals surface area (Å²) in [5.74, 6) is -0.803. The van der Waals surface area contributed by atoms with Crippen molar-refractivity contribution in [2.24, 2.45) is 7.05 Å². The van der Waals surface area contributed by atoms with E-state index in [0.717, 1.165) is 15.9 Å². The molecule has 2 N–H and O–H groups in total. The molecule has 6 heteroatoms. The Hall–Kier alpha value is -0.880. The second kappa shape index (κ2) is 5.84. The number of rotatable bonds is 6. The largest absolute Gasteiger partial charge is 0.480 e. The van der Waals surface area contributed by atoms with E-state index in [0.29, 0.717) is 19.4 Å². The van der Waals surface area contributed by atoms with Crippen LogP contribution in [0.1, 0.15) is 38.1 Å². The third kappa shape index (κ3) is 2.75. The monoisotopic (exact) mass is 317 g/mol. The van der Waals surface area contributed by atoms with Crippen LogP contribution in [0.5, 0.6) is 0 Å². The quantitative estimate of drug-likeness (QED) is 0.844. The molecule has 0 amide bonds. The third-order valence-electron chi connectivity index (χ3n) is 3.47. The summed E-state index contributed by atoms with van der Waals surface area (Å²) in [6.45, 7) is 6.16. The summed E-state index contributed by atoms with van der Waals surface area (Å²) in [5, 5.41) is 16.8. The van der Waals surface area contributed by atoms with Crippen LogP contribution in [0.25, 0.3) is 0 Å². The number of hydrogen-bond donors (Lipinski definition) is 2. The summed E-state index contributed by atoms with van der Waals surface area (Å²) < 4.78 is 2.70. The lowest BCUT2D eigenvalue weighted by molar-refractivity contribution is -0.145. The lowest BCUT2D eigenvalue weighted by atomic mass is 9.93. The van der Waals surface area contributed by atoms with Crippen molar-refractivity contribution in [3.63, 3.8) is 0 Å². The fourth-order valence-electron chi connectivity index (χ4n) is 2.00. The minimum Gasteiger partial charge on any atom is -0.480 e. The molecule has 1 rings (SSSR count). The average molecular weight is 318 g/mol. The van der Waals surface area contributed by atoms with Crippen LogP contribution in [-0.2, 0) is 18.4 Å². The van der Waals surface area contributed by atoms with E-state index in [2.05, 4.69) is 26.3 Å². The Labute approximate surface area is 116 Å². The standard InChI is InChI=1S/C12H20BrN3O2/c1-5-12(6-2,11(17)18)14-7-9-10(13)8(3)15-16(9)4/h14H,5-7H2,1-4H3,(H,17,18). The van der Waals surface area contributed by atoms with Gasteiger partial charge in [0.05, 0.1) is 15.9 Å². The number of aryl methyl sites for hydroxylation is 2. The molecule has 1 heterocycles. The Morgan fingerprint density at radius 2 is 2.06 bits per heavy atom. The van der Waals surface area contributed by atoms with Crippen LogP contribution in [0.15, 0.2) is 4.47 Å². The summed E-state index contributed by atoms with van der Waals surface area (Å²) in [7, 11) is 1.86. The Balaban J connectivity index is 2.89. The van der Waals surface area contributed by atoms with E-state index in [1.807, 2.05) is 27.8 Å². The van der Waals surface area contributed by atoms with Gasteiger partial charge < -0.3 is 5.11 Å². The van der Waals surface area contributed by atoms with Crippen LogP contribution in [0.2, 0.25) is 0 Å². The molecule has 0 aromatic carbocycles. The summed E-state index contributed by atoms with van der Waals surface area (Å²) in [6, 6.07) is 0. The molecule has 5 nitrogen and oxygen atoms in total. The van der Waals surface area contributed by atoms with Gasteiger partial charge in [-0.2, -0.15) is 5.10 Å². The first kappa shape index (κ1) is 15.2. The first-order chi connectivity index (χ1) is 8.38. The summed E-state index contributed by atoms with van der Waals surface area (Å²) in [4.78, 5) is 11.4. The van der Waals surface area contributed by atoms with Gasteiger partial charge >= 0.3 is 5.97 Å². The topological polar surface area (TPSA) is 67.2 Å². The molecular formula is C12H20BrN3O2. The molecular weight excluding hydrogens is 298 g/mol. The molecule has 0 saturated heterocycles. The van der Waals surface area contributed by atoms with Crippen molar-refractivity contribution in [3.8, 4) is 0 Å². The summed E-state index contributed by atoms with van der Waals surface area (Å²) in [5.41, 5.74) is 1.00. The number of aromatic nitrogens is 2. The number of halogens is 1. The van der Waals surface area contributed by atoms with Gasteiger partial charge in [0.25, 0.3) is 0 Å². The minimum atomic E-state index is -0.863. The first-order valence-corrected chi connectivity index (χ1v) is 6.83. The maximum atomic E-state index is 11.4. The Morgan fingerprint density at radius 1 is 1.50 bits per heavy atom. The predicted molar refractivity (Wildman–Crippen MR) is 73.4 cm³/mol. The van der Waals surface area contributed by atoms with Gasteiger partial charge in [0, 0.05) is 13.6 Å². The molecule has 0 aliphatic heterocycles. The van der Waals surface area contributed by atoms with Crippen LogP contribution in [0.3, 0.4) is 0 Å². The number of carboxylic acids is 1. The van der Waals surface area contributed by atoms with Gasteiger partial charge in [0.2, 0.25) is 0 Å². The van der Waals surface area contributed by atoms with Gasteiger partial charge in [-0.3, -0.25) is 14.8 Å². The van der Waals surface area contributed by atoms with Crippen LogP contribution in [0, 0.1) is 6.92 Å². The van der Waals surface area contributed by atoms with Crippen molar-refractivity contribution >= 4 is 21.9 Å². The van der Waals surface area contributed by atoms with Crippen LogP contribution < -0.4 is 5.32 Å². The molecule has 18 heavy (non-hydrogen) atoms. The van der Waals surface area contributed by atoms with E-state index < -0.39 is 11.5 Å². The fourth-order valence-corrected chi connectivity index (χ4v) is 2.48. The second-order valence-electron chi connectivity index (χ2n) is 4.42. The molecule has 0 bridgehead atoms. The van der Waals surface area contributed by atoms with Gasteiger partial charge in [0.15, 0.2) is 0 Å². The molecule has 0 fully saturated rings. The molecule has 0 aliphatic carbocycles. The number of aliphatic carboxylic acids is 1. The SMILES string of the molecule is CCC(CC)(NCc1c(Br)c(C)nn1C)C(=O)O. The van der Waals surface area contributed by atoms with Gasteiger partial charge in [-0.05, 0) is 35.7 Å². The maximum absolute atomic E-state index is 11.4. The molecule has 0 unspecified atom stereocenters. The van der Waals surface area contributed by atoms with Crippen molar-refractivity contribution in [1.82, 2.24) is 15.1 Å². The molecule has 102 valence electrons. The van der Waals surface area contributed by atoms with E-state index in [1.165, 1.54) is 0 Å². The predicted octanol–water partition coefficient (Wildman–Crippen LogP) is 2.22. The highest BCUT2D eigenvalue weighted by Crippen LogP contribution is 2.22. The molecule has 0 spiro atoms. The molecule has 0 atom stereocenters. The van der Waals surface area contributed by atoms with E-state index in [-0.39, 0.29) is 0 Å². The number of hydrogen-bond acceptors (Lipinski definition) is 3. The zero-order valence-corrected chi connectivity index (χ0v) is 12.8. The Morgan fingerprint density at radius 3 is 2.39 bits per heavy atom. The highest BCUT2D eigenvalue weighted by atomic mass is 79.9. The molecule has 0 aliphatic rings. The lowest BCUT2D eigenvalue weighted by Gasteiger charge is -2.28. The van der Waals surface area contributed by atoms with Crippen molar-refractivity contribution in [2.45, 2.75) is 45.7 Å². The normalized spacial score (nSPS) is 11.8. The van der Waals surface area contributed by atoms with Gasteiger partial charge in [0.1, 0.15) is 5.54 Å². The summed E-state index contributed by atoms with van der Waals surface area (Å²) >= 11 is 3.48. The third-order valence-corrected chi connectivity index (χ3v) is 4.50. The summed E-state index contributed by atoms with van der Waals surface area (Å²) in [6.07, 6.45) is 1.10. The van der Waals surface area contributed by atoms with Gasteiger partial charge in [-0.15, -0.1) is 0 Å². The van der Waals surface area contributed by atoms with Gasteiger partial charge in [-0.25, -0.2) is 0 Å². The maximum Gasteiger partial charge on any atom is 0.323 e. The Kier molecular flexibility index (Phi) is 4.92. The van der Waals surface area contributed by atoms with Crippen molar-refractivity contribution in [1.29, 1.82) is 0 Å². The van der Waals surface area contributed by atoms with Crippen molar-refractivity contribution in [3.05, 3.63) is 15.9 Å². The van der Waals surface area contributed by atoms with Crippen molar-refractivity contribution < 1.29 is 9.90 Å². The van der Waals surface area contributed by atoms with E-state index >= 15 is 0 Å². The zero-order chi connectivity index (χ0) is 13.9. The lowest BCUT2D eigenvalue weighted by Crippen LogP contribution is -2.51. The van der Waals surface area contributed by atoms with Gasteiger partial charge in [-0.1, -0.05) is 13.8 Å². The van der Waals surface area contributed by atoms with Crippen LogP contribution >= 0.6 is 15.9 Å².